The highest BCUT2D eigenvalue weighted by Gasteiger charge is 2.22. The third-order valence-electron chi connectivity index (χ3n) is 4.26. The van der Waals surface area contributed by atoms with E-state index in [4.69, 9.17) is 0 Å². The molecular formula is C18H19F2N5O2. The quantitative estimate of drug-likeness (QED) is 0.888. The van der Waals surface area contributed by atoms with Gasteiger partial charge in [0.05, 0.1) is 0 Å². The minimum Gasteiger partial charge on any atom is -0.339 e. The topological polar surface area (TPSA) is 78.4 Å². The van der Waals surface area contributed by atoms with Gasteiger partial charge in [-0.1, -0.05) is 0 Å². The van der Waals surface area contributed by atoms with Crippen LogP contribution >= 0.6 is 0 Å². The molecule has 0 aliphatic carbocycles. The molecule has 1 fully saturated rings. The van der Waals surface area contributed by atoms with Crippen LogP contribution in [0.15, 0.2) is 24.3 Å². The number of piperazine rings is 1. The standard InChI is InChI=1S/C18H19F2N5O2/c1-11-9-16(17(27)22-13-3-4-14(19)15(20)10-13)23-18(21-11)25-7-5-24(6-8-25)12(2)26/h3-4,9-10H,5-8H2,1-2H3,(H,22,27). The molecule has 0 radical (unpaired) electrons. The van der Waals surface area contributed by atoms with E-state index in [1.807, 2.05) is 4.90 Å². The highest BCUT2D eigenvalue weighted by atomic mass is 19.2. The monoisotopic (exact) mass is 375 g/mol. The lowest BCUT2D eigenvalue weighted by Crippen LogP contribution is -2.48. The van der Waals surface area contributed by atoms with Crippen molar-refractivity contribution >= 4 is 23.5 Å². The van der Waals surface area contributed by atoms with Crippen LogP contribution in [0.2, 0.25) is 0 Å². The van der Waals surface area contributed by atoms with Gasteiger partial charge in [0.1, 0.15) is 5.69 Å². The second-order valence-electron chi connectivity index (χ2n) is 6.27. The third-order valence-corrected chi connectivity index (χ3v) is 4.26. The number of halogens is 2. The molecule has 142 valence electrons. The van der Waals surface area contributed by atoms with Gasteiger partial charge < -0.3 is 15.1 Å². The number of hydrogen-bond acceptors (Lipinski definition) is 5. The van der Waals surface area contributed by atoms with Gasteiger partial charge >= 0.3 is 0 Å². The highest BCUT2D eigenvalue weighted by Crippen LogP contribution is 2.16. The molecule has 1 aliphatic heterocycles. The van der Waals surface area contributed by atoms with Crippen LogP contribution in [0, 0.1) is 18.6 Å². The summed E-state index contributed by atoms with van der Waals surface area (Å²) in [6.07, 6.45) is 0. The van der Waals surface area contributed by atoms with Crippen molar-refractivity contribution < 1.29 is 18.4 Å². The smallest absolute Gasteiger partial charge is 0.274 e. The Kier molecular flexibility index (Phi) is 5.29. The SMILES string of the molecule is CC(=O)N1CCN(c2nc(C)cc(C(=O)Nc3ccc(F)c(F)c3)n2)CC1. The maximum absolute atomic E-state index is 13.3. The molecule has 2 aromatic rings. The first-order chi connectivity index (χ1) is 12.8. The summed E-state index contributed by atoms with van der Waals surface area (Å²) < 4.78 is 26.3. The van der Waals surface area contributed by atoms with Crippen LogP contribution in [0.3, 0.4) is 0 Å². The molecule has 0 saturated carbocycles. The fraction of sp³-hybridized carbons (Fsp3) is 0.333. The van der Waals surface area contributed by atoms with Crippen LogP contribution in [-0.4, -0.2) is 52.9 Å². The van der Waals surface area contributed by atoms with Crippen molar-refractivity contribution in [1.82, 2.24) is 14.9 Å². The summed E-state index contributed by atoms with van der Waals surface area (Å²) in [5.74, 6) is -2.16. The molecule has 2 heterocycles. The van der Waals surface area contributed by atoms with E-state index in [0.717, 1.165) is 12.1 Å². The average molecular weight is 375 g/mol. The fourth-order valence-electron chi connectivity index (χ4n) is 2.80. The Labute approximate surface area is 155 Å². The molecule has 1 saturated heterocycles. The molecule has 0 spiro atoms. The van der Waals surface area contributed by atoms with E-state index in [0.29, 0.717) is 37.8 Å². The molecule has 1 N–H and O–H groups in total. The molecule has 0 bridgehead atoms. The van der Waals surface area contributed by atoms with Gasteiger partial charge in [-0.3, -0.25) is 9.59 Å². The fourth-order valence-corrected chi connectivity index (χ4v) is 2.80. The summed E-state index contributed by atoms with van der Waals surface area (Å²) in [4.78, 5) is 36.2. The van der Waals surface area contributed by atoms with Crippen LogP contribution < -0.4 is 10.2 Å². The zero-order chi connectivity index (χ0) is 19.6. The lowest BCUT2D eigenvalue weighted by molar-refractivity contribution is -0.129. The Balaban J connectivity index is 1.75. The number of anilines is 2. The average Bonchev–Trinajstić information content (AvgIpc) is 2.64. The van der Waals surface area contributed by atoms with Crippen LogP contribution in [-0.2, 0) is 4.79 Å². The van der Waals surface area contributed by atoms with Crippen molar-refractivity contribution in [3.05, 3.63) is 47.3 Å². The Morgan fingerprint density at radius 3 is 2.37 bits per heavy atom. The summed E-state index contributed by atoms with van der Waals surface area (Å²) in [6.45, 7) is 5.51. The van der Waals surface area contributed by atoms with Crippen molar-refractivity contribution in [2.45, 2.75) is 13.8 Å². The molecule has 27 heavy (non-hydrogen) atoms. The van der Waals surface area contributed by atoms with Crippen LogP contribution in [0.1, 0.15) is 23.1 Å². The van der Waals surface area contributed by atoms with Gasteiger partial charge in [-0.2, -0.15) is 0 Å². The number of aromatic nitrogens is 2. The summed E-state index contributed by atoms with van der Waals surface area (Å²) in [5, 5.41) is 2.50. The molecule has 1 aromatic heterocycles. The van der Waals surface area contributed by atoms with Crippen molar-refractivity contribution in [2.75, 3.05) is 36.4 Å². The lowest BCUT2D eigenvalue weighted by Gasteiger charge is -2.34. The van der Waals surface area contributed by atoms with E-state index >= 15 is 0 Å². The van der Waals surface area contributed by atoms with Gasteiger partial charge in [-0.25, -0.2) is 18.7 Å². The Morgan fingerprint density at radius 2 is 1.74 bits per heavy atom. The molecule has 1 aliphatic rings. The maximum atomic E-state index is 13.3. The van der Waals surface area contributed by atoms with Crippen molar-refractivity contribution in [3.8, 4) is 0 Å². The van der Waals surface area contributed by atoms with E-state index in [2.05, 4.69) is 15.3 Å². The van der Waals surface area contributed by atoms with Gasteiger partial charge in [0, 0.05) is 50.6 Å². The van der Waals surface area contributed by atoms with Crippen LogP contribution in [0.5, 0.6) is 0 Å². The zero-order valence-electron chi connectivity index (χ0n) is 15.0. The Morgan fingerprint density at radius 1 is 1.04 bits per heavy atom. The van der Waals surface area contributed by atoms with Gasteiger partial charge in [0.2, 0.25) is 11.9 Å². The van der Waals surface area contributed by atoms with E-state index in [9.17, 15) is 18.4 Å². The summed E-state index contributed by atoms with van der Waals surface area (Å²) in [6, 6.07) is 4.63. The first-order valence-electron chi connectivity index (χ1n) is 8.46. The molecule has 9 heteroatoms. The molecule has 3 rings (SSSR count). The van der Waals surface area contributed by atoms with Crippen LogP contribution in [0.4, 0.5) is 20.4 Å². The first kappa shape index (κ1) is 18.7. The highest BCUT2D eigenvalue weighted by molar-refractivity contribution is 6.03. The van der Waals surface area contributed by atoms with E-state index in [1.165, 1.54) is 19.1 Å². The maximum Gasteiger partial charge on any atom is 0.274 e. The first-order valence-corrected chi connectivity index (χ1v) is 8.46. The summed E-state index contributed by atoms with van der Waals surface area (Å²) >= 11 is 0. The van der Waals surface area contributed by atoms with Crippen molar-refractivity contribution in [1.29, 1.82) is 0 Å². The number of amides is 2. The Bertz CT molecular complexity index is 882. The van der Waals surface area contributed by atoms with E-state index < -0.39 is 17.5 Å². The number of benzene rings is 1. The van der Waals surface area contributed by atoms with E-state index in [1.54, 1.807) is 11.8 Å². The molecule has 1 aromatic carbocycles. The number of nitrogens with zero attached hydrogens (tertiary/aromatic N) is 4. The Hall–Kier alpha value is -3.10. The summed E-state index contributed by atoms with van der Waals surface area (Å²) in [7, 11) is 0. The molecule has 0 unspecified atom stereocenters. The van der Waals surface area contributed by atoms with Crippen molar-refractivity contribution in [3.63, 3.8) is 0 Å². The number of nitrogens with one attached hydrogen (secondary N) is 1. The predicted octanol–water partition coefficient (Wildman–Crippen LogP) is 1.98. The molecule has 7 nitrogen and oxygen atoms in total. The number of aryl methyl sites for hydroxylation is 1. The number of rotatable bonds is 3. The second-order valence-corrected chi connectivity index (χ2v) is 6.27. The van der Waals surface area contributed by atoms with Crippen molar-refractivity contribution in [2.24, 2.45) is 0 Å². The molecule has 2 amide bonds. The van der Waals surface area contributed by atoms with Gasteiger partial charge in [0.15, 0.2) is 11.6 Å². The number of carbonyl (C=O) groups excluding carboxylic acids is 2. The molecule has 0 atom stereocenters. The second kappa shape index (κ2) is 7.65. The van der Waals surface area contributed by atoms with E-state index in [-0.39, 0.29) is 17.3 Å². The zero-order valence-corrected chi connectivity index (χ0v) is 15.0. The lowest BCUT2D eigenvalue weighted by atomic mass is 10.2. The van der Waals surface area contributed by atoms with Gasteiger partial charge in [0.25, 0.3) is 5.91 Å². The summed E-state index contributed by atoms with van der Waals surface area (Å²) in [5.41, 5.74) is 0.854. The normalized spacial score (nSPS) is 14.2. The van der Waals surface area contributed by atoms with Gasteiger partial charge in [-0.05, 0) is 25.1 Å². The van der Waals surface area contributed by atoms with Gasteiger partial charge in [-0.15, -0.1) is 0 Å². The molecular weight excluding hydrogens is 356 g/mol. The largest absolute Gasteiger partial charge is 0.339 e. The third kappa shape index (κ3) is 4.36. The predicted molar refractivity (Wildman–Crippen MR) is 95.5 cm³/mol. The minimum atomic E-state index is -1.05. The minimum absolute atomic E-state index is 0.0198. The number of hydrogen-bond donors (Lipinski definition) is 1. The number of carbonyl (C=O) groups is 2. The van der Waals surface area contributed by atoms with Crippen LogP contribution in [0.25, 0.3) is 0 Å².